The van der Waals surface area contributed by atoms with Gasteiger partial charge in [0.2, 0.25) is 5.09 Å². The summed E-state index contributed by atoms with van der Waals surface area (Å²) in [4.78, 5) is 0. The number of sulfonamides is 1. The van der Waals surface area contributed by atoms with E-state index in [0.29, 0.717) is 0 Å². The molecule has 0 fully saturated rings. The topological polar surface area (TPSA) is 85.3 Å². The largest absolute Gasteiger partial charge is 0.452 e. The van der Waals surface area contributed by atoms with E-state index in [-0.39, 0.29) is 30.1 Å². The average molecular weight is 241 g/mol. The molecule has 0 aliphatic carbocycles. The highest BCUT2D eigenvalue weighted by molar-refractivity contribution is 7.89. The molecule has 0 unspecified atom stereocenters. The summed E-state index contributed by atoms with van der Waals surface area (Å²) in [6.45, 7) is 1.93. The third-order valence-electron chi connectivity index (χ3n) is 1.47. The summed E-state index contributed by atoms with van der Waals surface area (Å²) in [5, 5.41) is -0.0900. The molecular weight excluding hydrogens is 228 g/mol. The van der Waals surface area contributed by atoms with Gasteiger partial charge in [0.15, 0.2) is 0 Å². The van der Waals surface area contributed by atoms with E-state index >= 15 is 0 Å². The molecule has 14 heavy (non-hydrogen) atoms. The molecule has 0 amide bonds. The van der Waals surface area contributed by atoms with E-state index in [4.69, 9.17) is 10.2 Å². The van der Waals surface area contributed by atoms with Crippen molar-refractivity contribution in [2.24, 2.45) is 5.73 Å². The van der Waals surface area contributed by atoms with Gasteiger partial charge in [-0.25, -0.2) is 13.1 Å². The van der Waals surface area contributed by atoms with Crippen molar-refractivity contribution in [2.75, 3.05) is 6.54 Å². The van der Waals surface area contributed by atoms with Gasteiger partial charge >= 0.3 is 0 Å². The van der Waals surface area contributed by atoms with Crippen molar-refractivity contribution in [2.45, 2.75) is 18.1 Å². The number of halogens is 1. The van der Waals surface area contributed by atoms with Crippen LogP contribution >= 0.6 is 12.4 Å². The zero-order valence-corrected chi connectivity index (χ0v) is 9.27. The van der Waals surface area contributed by atoms with Crippen molar-refractivity contribution in [3.05, 3.63) is 18.4 Å². The Balaban J connectivity index is 0.00000169. The first-order chi connectivity index (χ1) is 6.06. The van der Waals surface area contributed by atoms with Crippen LogP contribution in [0.4, 0.5) is 0 Å². The second kappa shape index (κ2) is 5.35. The third kappa shape index (κ3) is 3.30. The second-order valence-corrected chi connectivity index (χ2v) is 4.34. The molecule has 1 aromatic rings. The lowest BCUT2D eigenvalue weighted by molar-refractivity contribution is 0.442. The van der Waals surface area contributed by atoms with Gasteiger partial charge in [-0.3, -0.25) is 0 Å². The van der Waals surface area contributed by atoms with E-state index in [0.717, 1.165) is 0 Å². The molecule has 1 rings (SSSR count). The molecule has 0 spiro atoms. The van der Waals surface area contributed by atoms with Crippen LogP contribution in [-0.2, 0) is 10.0 Å². The zero-order chi connectivity index (χ0) is 9.90. The molecule has 0 aromatic carbocycles. The molecular formula is C7H13ClN2O3S. The Bertz CT molecular complexity index is 349. The van der Waals surface area contributed by atoms with Crippen molar-refractivity contribution < 1.29 is 12.8 Å². The van der Waals surface area contributed by atoms with E-state index in [1.807, 2.05) is 0 Å². The Morgan fingerprint density at radius 2 is 2.29 bits per heavy atom. The maximum absolute atomic E-state index is 11.4. The SMILES string of the molecule is C[C@@H](CN)NS(=O)(=O)c1ccco1.Cl. The number of furan rings is 1. The molecule has 5 nitrogen and oxygen atoms in total. The fourth-order valence-corrected chi connectivity index (χ4v) is 1.97. The number of rotatable bonds is 4. The highest BCUT2D eigenvalue weighted by Crippen LogP contribution is 2.08. The van der Waals surface area contributed by atoms with Crippen LogP contribution in [0, 0.1) is 0 Å². The van der Waals surface area contributed by atoms with Crippen LogP contribution in [0.3, 0.4) is 0 Å². The van der Waals surface area contributed by atoms with Crippen LogP contribution in [0.2, 0.25) is 0 Å². The third-order valence-corrected chi connectivity index (χ3v) is 2.94. The summed E-state index contributed by atoms with van der Waals surface area (Å²) >= 11 is 0. The molecule has 0 saturated carbocycles. The van der Waals surface area contributed by atoms with Crippen LogP contribution in [0.25, 0.3) is 0 Å². The maximum atomic E-state index is 11.4. The van der Waals surface area contributed by atoms with Gasteiger partial charge in [-0.15, -0.1) is 12.4 Å². The molecule has 82 valence electrons. The van der Waals surface area contributed by atoms with Gasteiger partial charge in [0, 0.05) is 12.6 Å². The molecule has 0 aliphatic rings. The van der Waals surface area contributed by atoms with Crippen molar-refractivity contribution in [3.8, 4) is 0 Å². The Hall–Kier alpha value is -0.560. The van der Waals surface area contributed by atoms with Gasteiger partial charge in [0.1, 0.15) is 0 Å². The van der Waals surface area contributed by atoms with E-state index in [1.54, 1.807) is 6.92 Å². The monoisotopic (exact) mass is 240 g/mol. The smallest absolute Gasteiger partial charge is 0.274 e. The van der Waals surface area contributed by atoms with Crippen LogP contribution in [-0.4, -0.2) is 21.0 Å². The van der Waals surface area contributed by atoms with E-state index in [9.17, 15) is 8.42 Å². The molecule has 1 atom stereocenters. The van der Waals surface area contributed by atoms with Crippen molar-refractivity contribution >= 4 is 22.4 Å². The molecule has 0 radical (unpaired) electrons. The van der Waals surface area contributed by atoms with Crippen LogP contribution in [0.15, 0.2) is 27.9 Å². The van der Waals surface area contributed by atoms with Crippen LogP contribution in [0.5, 0.6) is 0 Å². The number of hydrogen-bond acceptors (Lipinski definition) is 4. The Morgan fingerprint density at radius 3 is 2.71 bits per heavy atom. The summed E-state index contributed by atoms with van der Waals surface area (Å²) in [6.07, 6.45) is 1.31. The lowest BCUT2D eigenvalue weighted by atomic mass is 10.4. The summed E-state index contributed by atoms with van der Waals surface area (Å²) < 4.78 is 29.9. The quantitative estimate of drug-likeness (QED) is 0.794. The summed E-state index contributed by atoms with van der Waals surface area (Å²) in [5.74, 6) is 0. The molecule has 7 heteroatoms. The van der Waals surface area contributed by atoms with Crippen LogP contribution in [0.1, 0.15) is 6.92 Å². The van der Waals surface area contributed by atoms with E-state index in [2.05, 4.69) is 4.72 Å². The minimum atomic E-state index is -3.52. The molecule has 1 heterocycles. The highest BCUT2D eigenvalue weighted by atomic mass is 35.5. The van der Waals surface area contributed by atoms with Gasteiger partial charge in [0.25, 0.3) is 10.0 Å². The number of hydrogen-bond donors (Lipinski definition) is 2. The maximum Gasteiger partial charge on any atom is 0.274 e. The molecule has 0 bridgehead atoms. The Labute approximate surface area is 89.1 Å². The van der Waals surface area contributed by atoms with Crippen molar-refractivity contribution in [1.82, 2.24) is 4.72 Å². The summed E-state index contributed by atoms with van der Waals surface area (Å²) in [7, 11) is -3.52. The van der Waals surface area contributed by atoms with Gasteiger partial charge in [-0.2, -0.15) is 0 Å². The van der Waals surface area contributed by atoms with E-state index < -0.39 is 10.0 Å². The fourth-order valence-electron chi connectivity index (χ4n) is 0.787. The predicted molar refractivity (Wildman–Crippen MR) is 54.8 cm³/mol. The summed E-state index contributed by atoms with van der Waals surface area (Å²) in [5.41, 5.74) is 5.28. The Morgan fingerprint density at radius 1 is 1.64 bits per heavy atom. The minimum Gasteiger partial charge on any atom is -0.452 e. The van der Waals surface area contributed by atoms with Crippen LogP contribution < -0.4 is 10.5 Å². The normalized spacial score (nSPS) is 13.3. The van der Waals surface area contributed by atoms with Gasteiger partial charge in [-0.1, -0.05) is 0 Å². The molecule has 0 saturated heterocycles. The highest BCUT2D eigenvalue weighted by Gasteiger charge is 2.18. The van der Waals surface area contributed by atoms with Crippen molar-refractivity contribution in [3.63, 3.8) is 0 Å². The molecule has 0 aliphatic heterocycles. The minimum absolute atomic E-state index is 0. The lowest BCUT2D eigenvalue weighted by Gasteiger charge is -2.09. The first kappa shape index (κ1) is 13.4. The van der Waals surface area contributed by atoms with Gasteiger partial charge < -0.3 is 10.2 Å². The van der Waals surface area contributed by atoms with Gasteiger partial charge in [0.05, 0.1) is 6.26 Å². The predicted octanol–water partition coefficient (Wildman–Crippen LogP) is 0.327. The molecule has 1 aromatic heterocycles. The Kier molecular flexibility index (Phi) is 5.14. The second-order valence-electron chi connectivity index (χ2n) is 2.69. The first-order valence-electron chi connectivity index (χ1n) is 3.82. The van der Waals surface area contributed by atoms with Gasteiger partial charge in [-0.05, 0) is 19.1 Å². The number of nitrogens with one attached hydrogen (secondary N) is 1. The van der Waals surface area contributed by atoms with E-state index in [1.165, 1.54) is 18.4 Å². The lowest BCUT2D eigenvalue weighted by Crippen LogP contribution is -2.37. The standard InChI is InChI=1S/C7H12N2O3S.ClH/c1-6(5-8)9-13(10,11)7-3-2-4-12-7;/h2-4,6,9H,5,8H2,1H3;1H/t6-;/m0./s1. The molecule has 3 N–H and O–H groups in total. The zero-order valence-electron chi connectivity index (χ0n) is 7.64. The first-order valence-corrected chi connectivity index (χ1v) is 5.30. The fraction of sp³-hybridized carbons (Fsp3) is 0.429. The average Bonchev–Trinajstić information content (AvgIpc) is 2.55. The van der Waals surface area contributed by atoms with Crippen molar-refractivity contribution in [1.29, 1.82) is 0 Å². The number of nitrogens with two attached hydrogens (primary N) is 1. The summed E-state index contributed by atoms with van der Waals surface area (Å²) in [6, 6.07) is 2.60.